The first-order chi connectivity index (χ1) is 19.8. The van der Waals surface area contributed by atoms with Gasteiger partial charge in [-0.15, -0.1) is 0 Å². The van der Waals surface area contributed by atoms with Crippen molar-refractivity contribution in [2.45, 2.75) is 86.4 Å². The van der Waals surface area contributed by atoms with Crippen LogP contribution in [0.5, 0.6) is 0 Å². The Hall–Kier alpha value is -3.47. The number of hydrogen-bond donors (Lipinski definition) is 6. The highest BCUT2D eigenvalue weighted by Gasteiger charge is 2.27. The second-order valence-electron chi connectivity index (χ2n) is 11.1. The van der Waals surface area contributed by atoms with E-state index in [1.807, 2.05) is 48.5 Å². The number of carbonyl (C=O) groups is 5. The maximum Gasteiger partial charge on any atom is 0.251 e. The van der Waals surface area contributed by atoms with E-state index < -0.39 is 23.9 Å². The number of likely N-dealkylation sites (N-methyl/N-ethyl adjacent to an activating group) is 1. The van der Waals surface area contributed by atoms with Crippen molar-refractivity contribution in [1.29, 1.82) is 0 Å². The smallest absolute Gasteiger partial charge is 0.251 e. The zero-order valence-electron chi connectivity index (χ0n) is 26.8. The van der Waals surface area contributed by atoms with Crippen LogP contribution in [0.3, 0.4) is 0 Å². The average molecular weight is 591 g/mol. The van der Waals surface area contributed by atoms with Gasteiger partial charge in [0.15, 0.2) is 0 Å². The molecule has 0 rings (SSSR count). The van der Waals surface area contributed by atoms with Crippen molar-refractivity contribution in [1.82, 2.24) is 31.9 Å². The predicted molar refractivity (Wildman–Crippen MR) is 167 cm³/mol. The molecule has 0 aliphatic rings. The maximum absolute atomic E-state index is 13.0. The maximum atomic E-state index is 13.0. The predicted octanol–water partition coefficient (Wildman–Crippen LogP) is 1.72. The number of rotatable bonds is 20. The Morgan fingerprint density at radius 1 is 0.810 bits per heavy atom. The second kappa shape index (κ2) is 21.3. The number of allylic oxidation sites excluding steroid dienone is 3. The van der Waals surface area contributed by atoms with Crippen molar-refractivity contribution in [2.75, 3.05) is 26.2 Å². The van der Waals surface area contributed by atoms with Gasteiger partial charge < -0.3 is 31.9 Å². The van der Waals surface area contributed by atoms with E-state index in [0.29, 0.717) is 31.5 Å². The standard InChI is InChI=1S/C31H54N6O5/c1-10-14-23(15-11-2)29(40)37-28(22(9)12-3)31(42)34-19-26(39)35-24(16-20(5)6)17-32-18-25(38)36-27(21(7)8)30(41)33-13-4/h10-11,14-15,20-22,24,27-28,32H,1,12-13,16-19H2,2-9H3,(H,33,41)(H,34,42)(H,35,39)(H,36,38)(H,37,40)/b15-11-,23-14+/t22-,24?,27?,28?/m0/s1. The Morgan fingerprint density at radius 2 is 1.43 bits per heavy atom. The molecule has 0 radical (unpaired) electrons. The molecule has 5 amide bonds. The molecule has 0 bridgehead atoms. The molecule has 0 saturated carbocycles. The van der Waals surface area contributed by atoms with Crippen LogP contribution in [0.2, 0.25) is 0 Å². The minimum atomic E-state index is -0.825. The van der Waals surface area contributed by atoms with Crippen LogP contribution in [-0.2, 0) is 24.0 Å². The summed E-state index contributed by atoms with van der Waals surface area (Å²) in [6, 6.07) is -1.75. The fourth-order valence-electron chi connectivity index (χ4n) is 4.16. The largest absolute Gasteiger partial charge is 0.355 e. The minimum absolute atomic E-state index is 0.0182. The molecule has 0 aliphatic carbocycles. The fourth-order valence-corrected chi connectivity index (χ4v) is 4.16. The molecule has 4 atom stereocenters. The lowest BCUT2D eigenvalue weighted by atomic mass is 9.97. The van der Waals surface area contributed by atoms with Crippen molar-refractivity contribution in [3.8, 4) is 0 Å². The van der Waals surface area contributed by atoms with Crippen LogP contribution in [0, 0.1) is 17.8 Å². The lowest BCUT2D eigenvalue weighted by Crippen LogP contribution is -2.54. The van der Waals surface area contributed by atoms with Gasteiger partial charge in [0.05, 0.1) is 13.1 Å². The molecule has 238 valence electrons. The van der Waals surface area contributed by atoms with Crippen molar-refractivity contribution in [2.24, 2.45) is 17.8 Å². The number of carbonyl (C=O) groups excluding carboxylic acids is 5. The molecule has 0 saturated heterocycles. The Labute approximate surface area is 252 Å². The summed E-state index contributed by atoms with van der Waals surface area (Å²) in [5, 5.41) is 16.9. The molecule has 6 N–H and O–H groups in total. The lowest BCUT2D eigenvalue weighted by molar-refractivity contribution is -0.130. The van der Waals surface area contributed by atoms with Gasteiger partial charge in [0.1, 0.15) is 12.1 Å². The van der Waals surface area contributed by atoms with Gasteiger partial charge >= 0.3 is 0 Å². The van der Waals surface area contributed by atoms with Gasteiger partial charge in [0, 0.05) is 24.7 Å². The molecule has 0 aromatic rings. The Morgan fingerprint density at radius 3 is 1.95 bits per heavy atom. The average Bonchev–Trinajstić information content (AvgIpc) is 2.92. The van der Waals surface area contributed by atoms with Crippen molar-refractivity contribution >= 4 is 29.5 Å². The van der Waals surface area contributed by atoms with Gasteiger partial charge in [0.25, 0.3) is 5.91 Å². The highest BCUT2D eigenvalue weighted by atomic mass is 16.2. The molecule has 0 heterocycles. The molecule has 11 heteroatoms. The first kappa shape index (κ1) is 38.5. The monoisotopic (exact) mass is 590 g/mol. The van der Waals surface area contributed by atoms with Gasteiger partial charge in [-0.25, -0.2) is 0 Å². The van der Waals surface area contributed by atoms with Crippen LogP contribution in [0.4, 0.5) is 0 Å². The third kappa shape index (κ3) is 15.5. The minimum Gasteiger partial charge on any atom is -0.355 e. The van der Waals surface area contributed by atoms with Gasteiger partial charge in [-0.2, -0.15) is 0 Å². The molecule has 0 aromatic heterocycles. The summed E-state index contributed by atoms with van der Waals surface area (Å²) in [6.07, 6.45) is 7.71. The quantitative estimate of drug-likeness (QED) is 0.0936. The van der Waals surface area contributed by atoms with Crippen molar-refractivity contribution in [3.63, 3.8) is 0 Å². The van der Waals surface area contributed by atoms with Crippen molar-refractivity contribution < 1.29 is 24.0 Å². The van der Waals surface area contributed by atoms with E-state index in [2.05, 4.69) is 38.5 Å². The summed E-state index contributed by atoms with van der Waals surface area (Å²) >= 11 is 0. The molecular weight excluding hydrogens is 536 g/mol. The van der Waals surface area contributed by atoms with Crippen LogP contribution < -0.4 is 31.9 Å². The van der Waals surface area contributed by atoms with E-state index in [4.69, 9.17) is 0 Å². The zero-order valence-corrected chi connectivity index (χ0v) is 26.8. The first-order valence-electron chi connectivity index (χ1n) is 14.9. The SMILES string of the molecule is C=C/C=C(\C=C/C)C(=O)NC(C(=O)NCC(=O)NC(CNCC(=O)NC(C(=O)NCC)C(C)C)CC(C)C)[C@@H](C)CC. The zero-order chi connectivity index (χ0) is 32.2. The molecule has 3 unspecified atom stereocenters. The van der Waals surface area contributed by atoms with Crippen LogP contribution >= 0.6 is 0 Å². The van der Waals surface area contributed by atoms with Gasteiger partial charge in [-0.1, -0.05) is 78.8 Å². The van der Waals surface area contributed by atoms with Crippen LogP contribution in [-0.4, -0.2) is 73.8 Å². The Bertz CT molecular complexity index is 959. The highest BCUT2D eigenvalue weighted by Crippen LogP contribution is 2.10. The number of hydrogen-bond acceptors (Lipinski definition) is 6. The van der Waals surface area contributed by atoms with Gasteiger partial charge in [-0.3, -0.25) is 24.0 Å². The van der Waals surface area contributed by atoms with E-state index in [0.717, 1.165) is 0 Å². The van der Waals surface area contributed by atoms with Crippen LogP contribution in [0.25, 0.3) is 0 Å². The summed E-state index contributed by atoms with van der Waals surface area (Å²) < 4.78 is 0. The third-order valence-corrected chi connectivity index (χ3v) is 6.53. The van der Waals surface area contributed by atoms with E-state index >= 15 is 0 Å². The van der Waals surface area contributed by atoms with Gasteiger partial charge in [0.2, 0.25) is 23.6 Å². The van der Waals surface area contributed by atoms with Crippen LogP contribution in [0.1, 0.15) is 68.2 Å². The molecule has 0 aliphatic heterocycles. The molecular formula is C31H54N6O5. The summed E-state index contributed by atoms with van der Waals surface area (Å²) in [4.78, 5) is 63.2. The second-order valence-corrected chi connectivity index (χ2v) is 11.1. The summed E-state index contributed by atoms with van der Waals surface area (Å²) in [7, 11) is 0. The molecule has 0 spiro atoms. The fraction of sp³-hybridized carbons (Fsp3) is 0.645. The third-order valence-electron chi connectivity index (χ3n) is 6.53. The van der Waals surface area contributed by atoms with E-state index in [9.17, 15) is 24.0 Å². The number of amides is 5. The number of nitrogens with one attached hydrogen (secondary N) is 6. The molecule has 0 fully saturated rings. The highest BCUT2D eigenvalue weighted by molar-refractivity contribution is 5.99. The molecule has 0 aromatic carbocycles. The summed E-state index contributed by atoms with van der Waals surface area (Å²) in [5.74, 6) is -1.76. The molecule has 42 heavy (non-hydrogen) atoms. The van der Waals surface area contributed by atoms with Gasteiger partial charge in [-0.05, 0) is 38.0 Å². The van der Waals surface area contributed by atoms with Crippen molar-refractivity contribution in [3.05, 3.63) is 36.5 Å². The Balaban J connectivity index is 5.12. The Kier molecular flexibility index (Phi) is 19.5. The van der Waals surface area contributed by atoms with E-state index in [-0.39, 0.29) is 54.6 Å². The first-order valence-corrected chi connectivity index (χ1v) is 14.9. The molecule has 11 nitrogen and oxygen atoms in total. The topological polar surface area (TPSA) is 158 Å². The summed E-state index contributed by atoms with van der Waals surface area (Å²) in [6.45, 7) is 19.3. The van der Waals surface area contributed by atoms with Crippen LogP contribution in [0.15, 0.2) is 36.5 Å². The summed E-state index contributed by atoms with van der Waals surface area (Å²) in [5.41, 5.74) is 0.369. The normalized spacial score (nSPS) is 14.6. The van der Waals surface area contributed by atoms with E-state index in [1.54, 1.807) is 25.2 Å². The van der Waals surface area contributed by atoms with E-state index in [1.165, 1.54) is 6.08 Å². The lowest BCUT2D eigenvalue weighted by Gasteiger charge is -2.25.